The number of urea groups is 1. The first-order valence-corrected chi connectivity index (χ1v) is 9.10. The Morgan fingerprint density at radius 1 is 1.12 bits per heavy atom. The summed E-state index contributed by atoms with van der Waals surface area (Å²) in [5.74, 6) is -0.0222. The van der Waals surface area contributed by atoms with Crippen LogP contribution in [0.4, 0.5) is 4.79 Å². The number of carbonyl (C=O) groups is 2. The van der Waals surface area contributed by atoms with Crippen LogP contribution in [0.3, 0.4) is 0 Å². The van der Waals surface area contributed by atoms with E-state index in [0.717, 1.165) is 32.5 Å². The first kappa shape index (κ1) is 16.5. The fraction of sp³-hybridized carbons (Fsp3) is 0.579. The summed E-state index contributed by atoms with van der Waals surface area (Å²) in [6.07, 6.45) is 2.34. The van der Waals surface area contributed by atoms with E-state index in [9.17, 15) is 9.59 Å². The summed E-state index contributed by atoms with van der Waals surface area (Å²) in [5, 5.41) is 0. The highest BCUT2D eigenvalue weighted by Crippen LogP contribution is 2.32. The Morgan fingerprint density at radius 2 is 1.84 bits per heavy atom. The van der Waals surface area contributed by atoms with Crippen molar-refractivity contribution >= 4 is 11.9 Å². The van der Waals surface area contributed by atoms with E-state index in [-0.39, 0.29) is 30.1 Å². The van der Waals surface area contributed by atoms with Crippen LogP contribution in [0.1, 0.15) is 24.8 Å². The molecule has 134 valence electrons. The highest BCUT2D eigenvalue weighted by Gasteiger charge is 2.52. The molecule has 3 aliphatic heterocycles. The number of ether oxygens (including phenoxy) is 1. The van der Waals surface area contributed by atoms with Gasteiger partial charge in [-0.2, -0.15) is 0 Å². The lowest BCUT2D eigenvalue weighted by Gasteiger charge is -2.35. The molecule has 0 unspecified atom stereocenters. The van der Waals surface area contributed by atoms with E-state index in [2.05, 4.69) is 29.2 Å². The number of hydrogen-bond acceptors (Lipinski definition) is 4. The van der Waals surface area contributed by atoms with Gasteiger partial charge in [-0.1, -0.05) is 30.3 Å². The van der Waals surface area contributed by atoms with Crippen LogP contribution in [-0.4, -0.2) is 71.6 Å². The van der Waals surface area contributed by atoms with Gasteiger partial charge in [0.25, 0.3) is 5.91 Å². The molecule has 3 fully saturated rings. The Labute approximate surface area is 148 Å². The van der Waals surface area contributed by atoms with Gasteiger partial charge in [0.1, 0.15) is 6.04 Å². The van der Waals surface area contributed by atoms with Crippen molar-refractivity contribution in [1.29, 1.82) is 0 Å². The number of amides is 3. The third kappa shape index (κ3) is 3.04. The molecule has 0 saturated carbocycles. The van der Waals surface area contributed by atoms with Gasteiger partial charge in [-0.25, -0.2) is 4.79 Å². The van der Waals surface area contributed by atoms with Gasteiger partial charge < -0.3 is 9.64 Å². The van der Waals surface area contributed by atoms with Gasteiger partial charge in [0.15, 0.2) is 0 Å². The second-order valence-corrected chi connectivity index (χ2v) is 7.25. The number of carbonyl (C=O) groups excluding carboxylic acids is 2. The molecule has 6 heteroatoms. The van der Waals surface area contributed by atoms with Crippen molar-refractivity contribution in [3.63, 3.8) is 0 Å². The largest absolute Gasteiger partial charge is 0.380 e. The van der Waals surface area contributed by atoms with Crippen LogP contribution in [0.2, 0.25) is 0 Å². The average molecular weight is 343 g/mol. The van der Waals surface area contributed by atoms with Crippen LogP contribution in [0, 0.1) is 0 Å². The first-order chi connectivity index (χ1) is 12.2. The van der Waals surface area contributed by atoms with Crippen LogP contribution < -0.4 is 0 Å². The molecule has 6 nitrogen and oxygen atoms in total. The molecule has 25 heavy (non-hydrogen) atoms. The van der Waals surface area contributed by atoms with Crippen molar-refractivity contribution in [3.8, 4) is 0 Å². The quantitative estimate of drug-likeness (QED) is 0.781. The van der Waals surface area contributed by atoms with Crippen molar-refractivity contribution in [2.75, 3.05) is 26.7 Å². The smallest absolute Gasteiger partial charge is 0.327 e. The average Bonchev–Trinajstić information content (AvgIpc) is 3.17. The maximum Gasteiger partial charge on any atom is 0.327 e. The zero-order valence-electron chi connectivity index (χ0n) is 14.6. The van der Waals surface area contributed by atoms with Crippen LogP contribution >= 0.6 is 0 Å². The number of piperidine rings is 1. The minimum atomic E-state index is -0.306. The van der Waals surface area contributed by atoms with Gasteiger partial charge in [0.05, 0.1) is 6.10 Å². The molecule has 3 saturated heterocycles. The molecule has 0 bridgehead atoms. The lowest BCUT2D eigenvalue weighted by Crippen LogP contribution is -2.48. The molecular weight excluding hydrogens is 318 g/mol. The lowest BCUT2D eigenvalue weighted by atomic mass is 10.0. The molecule has 0 spiro atoms. The maximum atomic E-state index is 12.7. The molecule has 1 aromatic carbocycles. The minimum absolute atomic E-state index is 0.00669. The van der Waals surface area contributed by atoms with Gasteiger partial charge in [-0.15, -0.1) is 0 Å². The number of benzene rings is 1. The van der Waals surface area contributed by atoms with Crippen molar-refractivity contribution in [2.24, 2.45) is 0 Å². The number of nitrogens with zero attached hydrogens (tertiary/aromatic N) is 3. The third-order valence-electron chi connectivity index (χ3n) is 5.74. The molecule has 0 aromatic heterocycles. The van der Waals surface area contributed by atoms with E-state index >= 15 is 0 Å². The Hall–Kier alpha value is -1.92. The maximum absolute atomic E-state index is 12.7. The van der Waals surface area contributed by atoms with Gasteiger partial charge >= 0.3 is 6.03 Å². The summed E-state index contributed by atoms with van der Waals surface area (Å²) in [7, 11) is 1.64. The zero-order chi connectivity index (χ0) is 17.4. The monoisotopic (exact) mass is 343 g/mol. The summed E-state index contributed by atoms with van der Waals surface area (Å²) in [6, 6.07) is 10.0. The Morgan fingerprint density at radius 3 is 2.48 bits per heavy atom. The van der Waals surface area contributed by atoms with E-state index < -0.39 is 0 Å². The molecule has 3 aliphatic rings. The Kier molecular flexibility index (Phi) is 4.48. The van der Waals surface area contributed by atoms with E-state index in [0.29, 0.717) is 13.0 Å². The highest BCUT2D eigenvalue weighted by molar-refractivity contribution is 6.05. The summed E-state index contributed by atoms with van der Waals surface area (Å²) < 4.78 is 5.32. The number of rotatable bonds is 4. The Balaban J connectivity index is 1.35. The van der Waals surface area contributed by atoms with E-state index in [1.165, 1.54) is 10.5 Å². The van der Waals surface area contributed by atoms with Crippen molar-refractivity contribution in [3.05, 3.63) is 35.9 Å². The Bertz CT molecular complexity index is 619. The molecule has 2 atom stereocenters. The minimum Gasteiger partial charge on any atom is -0.380 e. The summed E-state index contributed by atoms with van der Waals surface area (Å²) >= 11 is 0. The second-order valence-electron chi connectivity index (χ2n) is 7.25. The molecule has 4 rings (SSSR count). The summed E-state index contributed by atoms with van der Waals surface area (Å²) in [6.45, 7) is 3.30. The molecule has 0 N–H and O–H groups in total. The molecule has 3 amide bonds. The van der Waals surface area contributed by atoms with Crippen LogP contribution in [0.25, 0.3) is 0 Å². The van der Waals surface area contributed by atoms with Crippen LogP contribution in [-0.2, 0) is 16.1 Å². The van der Waals surface area contributed by atoms with Gasteiger partial charge in [-0.3, -0.25) is 14.6 Å². The highest BCUT2D eigenvalue weighted by atomic mass is 16.5. The van der Waals surface area contributed by atoms with Crippen molar-refractivity contribution in [1.82, 2.24) is 14.7 Å². The lowest BCUT2D eigenvalue weighted by molar-refractivity contribution is -0.130. The molecule has 1 aromatic rings. The van der Waals surface area contributed by atoms with Gasteiger partial charge in [0.2, 0.25) is 0 Å². The summed E-state index contributed by atoms with van der Waals surface area (Å²) in [5.41, 5.74) is 1.31. The number of hydrogen-bond donors (Lipinski definition) is 0. The topological polar surface area (TPSA) is 53.1 Å². The molecule has 0 aliphatic carbocycles. The molecule has 3 heterocycles. The normalized spacial score (nSPS) is 28.0. The van der Waals surface area contributed by atoms with Crippen molar-refractivity contribution in [2.45, 2.75) is 44.0 Å². The zero-order valence-corrected chi connectivity index (χ0v) is 14.6. The number of methoxy groups -OCH3 is 1. The van der Waals surface area contributed by atoms with E-state index in [1.54, 1.807) is 12.0 Å². The second kappa shape index (κ2) is 6.77. The van der Waals surface area contributed by atoms with Crippen LogP contribution in [0.15, 0.2) is 30.3 Å². The predicted molar refractivity (Wildman–Crippen MR) is 92.9 cm³/mol. The van der Waals surface area contributed by atoms with E-state index in [1.807, 2.05) is 6.07 Å². The fourth-order valence-corrected chi connectivity index (χ4v) is 4.32. The summed E-state index contributed by atoms with van der Waals surface area (Å²) in [4.78, 5) is 31.1. The van der Waals surface area contributed by atoms with Gasteiger partial charge in [-0.05, 0) is 18.4 Å². The number of imide groups is 1. The standard InChI is InChI=1S/C19H25N3O3/c1-25-16-11-17-18(23)22(19(24)21(17)13-16)15-7-9-20(10-8-15)12-14-5-3-2-4-6-14/h2-6,15-17H,7-13H2,1H3/t16-,17+/m0/s1. The van der Waals surface area contributed by atoms with Crippen molar-refractivity contribution < 1.29 is 14.3 Å². The van der Waals surface area contributed by atoms with E-state index in [4.69, 9.17) is 4.74 Å². The predicted octanol–water partition coefficient (Wildman–Crippen LogP) is 1.70. The first-order valence-electron chi connectivity index (χ1n) is 9.10. The fourth-order valence-electron chi connectivity index (χ4n) is 4.32. The SMILES string of the molecule is CO[C@H]1C[C@@H]2C(=O)N(C3CCN(Cc4ccccc4)CC3)C(=O)N2C1. The number of likely N-dealkylation sites (tertiary alicyclic amines) is 1. The molecule has 0 radical (unpaired) electrons. The molecular formula is C19H25N3O3. The third-order valence-corrected chi connectivity index (χ3v) is 5.74. The van der Waals surface area contributed by atoms with Gasteiger partial charge in [0, 0.05) is 45.8 Å². The van der Waals surface area contributed by atoms with Crippen LogP contribution in [0.5, 0.6) is 0 Å². The number of fused-ring (bicyclic) bond motifs is 1.